The lowest BCUT2D eigenvalue weighted by Gasteiger charge is -2.33. The molecule has 0 bridgehead atoms. The Morgan fingerprint density at radius 2 is 1.49 bits per heavy atom. The highest BCUT2D eigenvalue weighted by molar-refractivity contribution is 6.29. The van der Waals surface area contributed by atoms with Crippen LogP contribution in [0.4, 0.5) is 0 Å². The van der Waals surface area contributed by atoms with Crippen LogP contribution in [0.15, 0.2) is 142 Å². The highest BCUT2D eigenvalue weighted by Gasteiger charge is 2.30. The van der Waals surface area contributed by atoms with E-state index >= 15 is 0 Å². The summed E-state index contributed by atoms with van der Waals surface area (Å²) in [4.78, 5) is 12.8. The van der Waals surface area contributed by atoms with Crippen LogP contribution in [0.25, 0.3) is 38.4 Å². The predicted octanol–water partition coefficient (Wildman–Crippen LogP) is 9.27. The molecule has 2 aliphatic rings. The number of furan rings is 1. The normalized spacial score (nSPS) is 16.5. The third-order valence-corrected chi connectivity index (χ3v) is 8.61. The second kappa shape index (κ2) is 10.6. The second-order valence-electron chi connectivity index (χ2n) is 11.4. The molecule has 0 saturated heterocycles. The molecule has 4 nitrogen and oxygen atoms in total. The van der Waals surface area contributed by atoms with Crippen LogP contribution in [0.1, 0.15) is 35.0 Å². The number of nitrogens with zero attached hydrogens (tertiary/aromatic N) is 3. The van der Waals surface area contributed by atoms with Crippen molar-refractivity contribution in [3.05, 3.63) is 150 Å². The van der Waals surface area contributed by atoms with Gasteiger partial charge in [-0.05, 0) is 51.6 Å². The lowest BCUT2D eigenvalue weighted by molar-refractivity contribution is 0.377. The zero-order valence-electron chi connectivity index (χ0n) is 24.1. The molecule has 4 heteroatoms. The SMILES string of the molecule is CN1C(Cc2cccc(-c3ccccc3)c2)=NC(C2=CCCc3oc4cc5ccccc5cc4c32)=NC1c1ccccc1. The number of fused-ring (bicyclic) bond motifs is 4. The number of rotatable bonds is 5. The van der Waals surface area contributed by atoms with Crippen LogP contribution in [0.3, 0.4) is 0 Å². The van der Waals surface area contributed by atoms with Crippen molar-refractivity contribution in [2.45, 2.75) is 25.4 Å². The van der Waals surface area contributed by atoms with Gasteiger partial charge in [0.1, 0.15) is 23.3 Å². The summed E-state index contributed by atoms with van der Waals surface area (Å²) < 4.78 is 6.48. The number of hydrogen-bond acceptors (Lipinski definition) is 4. The van der Waals surface area contributed by atoms with Crippen LogP contribution in [0.5, 0.6) is 0 Å². The van der Waals surface area contributed by atoms with Gasteiger partial charge in [0.05, 0.1) is 0 Å². The molecular weight excluding hydrogens is 526 g/mol. The topological polar surface area (TPSA) is 41.1 Å². The first kappa shape index (κ1) is 25.5. The standard InChI is InChI=1S/C39H31N3O/c1-42-36(23-26-12-10-19-29(22-26)27-13-4-2-5-14-27)40-38(41-39(42)28-15-6-3-7-16-28)32-20-11-21-34-37(32)33-24-30-17-8-9-18-31(30)25-35(33)43-34/h2-10,12-20,22,24-25,39H,11,21,23H2,1H3. The highest BCUT2D eigenvalue weighted by Crippen LogP contribution is 2.40. The van der Waals surface area contributed by atoms with Crippen molar-refractivity contribution >= 4 is 39.0 Å². The molecule has 2 heterocycles. The maximum Gasteiger partial charge on any atom is 0.159 e. The summed E-state index contributed by atoms with van der Waals surface area (Å²) in [5.41, 5.74) is 7.92. The first-order chi connectivity index (χ1) is 21.2. The Morgan fingerprint density at radius 1 is 0.767 bits per heavy atom. The first-order valence-electron chi connectivity index (χ1n) is 14.9. The van der Waals surface area contributed by atoms with E-state index in [4.69, 9.17) is 14.4 Å². The van der Waals surface area contributed by atoms with Gasteiger partial charge in [-0.3, -0.25) is 0 Å². The first-order valence-corrected chi connectivity index (χ1v) is 14.9. The summed E-state index contributed by atoms with van der Waals surface area (Å²) in [6.45, 7) is 0. The minimum Gasteiger partial charge on any atom is -0.460 e. The molecule has 208 valence electrons. The monoisotopic (exact) mass is 557 g/mol. The molecule has 8 rings (SSSR count). The highest BCUT2D eigenvalue weighted by atomic mass is 16.3. The molecule has 6 aromatic rings. The summed E-state index contributed by atoms with van der Waals surface area (Å²) in [5.74, 6) is 2.79. The number of likely N-dealkylation sites (N-methyl/N-ethyl adjacent to an activating group) is 1. The van der Waals surface area contributed by atoms with Crippen LogP contribution < -0.4 is 0 Å². The van der Waals surface area contributed by atoms with E-state index in [9.17, 15) is 0 Å². The van der Waals surface area contributed by atoms with Gasteiger partial charge in [0.2, 0.25) is 0 Å². The molecule has 1 atom stereocenters. The van der Waals surface area contributed by atoms with Crippen LogP contribution in [0, 0.1) is 0 Å². The van der Waals surface area contributed by atoms with Crippen molar-refractivity contribution in [2.75, 3.05) is 7.05 Å². The molecule has 0 fully saturated rings. The molecular formula is C39H31N3O. The molecule has 0 N–H and O–H groups in total. The molecule has 0 saturated carbocycles. The van der Waals surface area contributed by atoms with Gasteiger partial charge in [-0.25, -0.2) is 9.98 Å². The molecule has 5 aromatic carbocycles. The van der Waals surface area contributed by atoms with E-state index in [0.29, 0.717) is 6.42 Å². The van der Waals surface area contributed by atoms with Crippen molar-refractivity contribution < 1.29 is 4.42 Å². The fraction of sp³-hybridized carbons (Fsp3) is 0.128. The van der Waals surface area contributed by atoms with Crippen molar-refractivity contribution in [1.82, 2.24) is 4.90 Å². The average Bonchev–Trinajstić information content (AvgIpc) is 3.43. The van der Waals surface area contributed by atoms with Gasteiger partial charge in [-0.1, -0.05) is 115 Å². The maximum absolute atomic E-state index is 6.48. The molecule has 1 unspecified atom stereocenters. The molecule has 1 aliphatic carbocycles. The second-order valence-corrected chi connectivity index (χ2v) is 11.4. The van der Waals surface area contributed by atoms with E-state index < -0.39 is 0 Å². The molecule has 43 heavy (non-hydrogen) atoms. The quantitative estimate of drug-likeness (QED) is 0.212. The van der Waals surface area contributed by atoms with E-state index in [1.54, 1.807) is 0 Å². The molecule has 0 radical (unpaired) electrons. The van der Waals surface area contributed by atoms with Gasteiger partial charge in [0.25, 0.3) is 0 Å². The number of hydrogen-bond donors (Lipinski definition) is 0. The van der Waals surface area contributed by atoms with Crippen molar-refractivity contribution in [3.8, 4) is 11.1 Å². The predicted molar refractivity (Wildman–Crippen MR) is 177 cm³/mol. The summed E-state index contributed by atoms with van der Waals surface area (Å²) in [7, 11) is 2.11. The van der Waals surface area contributed by atoms with Gasteiger partial charge < -0.3 is 9.32 Å². The zero-order chi connectivity index (χ0) is 28.8. The summed E-state index contributed by atoms with van der Waals surface area (Å²) in [6, 6.07) is 42.8. The Hall–Kier alpha value is -5.22. The van der Waals surface area contributed by atoms with Gasteiger partial charge in [0, 0.05) is 36.4 Å². The minimum atomic E-state index is -0.175. The number of allylic oxidation sites excluding steroid dienone is 1. The number of amidine groups is 2. The Kier molecular flexibility index (Phi) is 6.26. The summed E-state index contributed by atoms with van der Waals surface area (Å²) >= 11 is 0. The van der Waals surface area contributed by atoms with Gasteiger partial charge in [-0.2, -0.15) is 0 Å². The Morgan fingerprint density at radius 3 is 2.30 bits per heavy atom. The largest absolute Gasteiger partial charge is 0.460 e. The Balaban J connectivity index is 1.24. The summed E-state index contributed by atoms with van der Waals surface area (Å²) in [5, 5.41) is 3.52. The van der Waals surface area contributed by atoms with E-state index in [1.807, 2.05) is 0 Å². The van der Waals surface area contributed by atoms with Crippen LogP contribution >= 0.6 is 0 Å². The Labute approximate surface area is 251 Å². The third kappa shape index (κ3) is 4.65. The Bertz CT molecular complexity index is 2070. The maximum atomic E-state index is 6.48. The fourth-order valence-electron chi connectivity index (χ4n) is 6.42. The van der Waals surface area contributed by atoms with Crippen molar-refractivity contribution in [2.24, 2.45) is 9.98 Å². The van der Waals surface area contributed by atoms with Crippen LogP contribution in [-0.2, 0) is 12.8 Å². The number of aliphatic imine (C=N–C) groups is 2. The number of aryl methyl sites for hydroxylation is 1. The zero-order valence-corrected chi connectivity index (χ0v) is 24.1. The average molecular weight is 558 g/mol. The molecule has 0 spiro atoms. The van der Waals surface area contributed by atoms with Crippen molar-refractivity contribution in [1.29, 1.82) is 0 Å². The molecule has 1 aliphatic heterocycles. The van der Waals surface area contributed by atoms with Gasteiger partial charge in [-0.15, -0.1) is 0 Å². The van der Waals surface area contributed by atoms with E-state index in [-0.39, 0.29) is 6.17 Å². The summed E-state index contributed by atoms with van der Waals surface area (Å²) in [6.07, 6.45) is 4.61. The third-order valence-electron chi connectivity index (χ3n) is 8.61. The van der Waals surface area contributed by atoms with Gasteiger partial charge in [0.15, 0.2) is 5.84 Å². The minimum absolute atomic E-state index is 0.175. The number of benzene rings is 5. The fourth-order valence-corrected chi connectivity index (χ4v) is 6.42. The van der Waals surface area contributed by atoms with Crippen LogP contribution in [0.2, 0.25) is 0 Å². The van der Waals surface area contributed by atoms with Crippen LogP contribution in [-0.4, -0.2) is 23.6 Å². The lowest BCUT2D eigenvalue weighted by Crippen LogP contribution is -2.36. The van der Waals surface area contributed by atoms with Gasteiger partial charge >= 0.3 is 0 Å². The van der Waals surface area contributed by atoms with E-state index in [1.165, 1.54) is 27.5 Å². The van der Waals surface area contributed by atoms with E-state index in [2.05, 4.69) is 139 Å². The van der Waals surface area contributed by atoms with E-state index in [0.717, 1.165) is 57.9 Å². The molecule has 1 aromatic heterocycles. The lowest BCUT2D eigenvalue weighted by atomic mass is 9.92. The molecule has 0 amide bonds. The van der Waals surface area contributed by atoms with Crippen molar-refractivity contribution in [3.63, 3.8) is 0 Å². The smallest absolute Gasteiger partial charge is 0.159 e.